The Morgan fingerprint density at radius 3 is 2.79 bits per heavy atom. The monoisotopic (exact) mass is 193 g/mol. The fraction of sp³-hybridized carbons (Fsp3) is 0.455. The second-order valence-electron chi connectivity index (χ2n) is 3.28. The van der Waals surface area contributed by atoms with E-state index in [-0.39, 0.29) is 11.9 Å². The van der Waals surface area contributed by atoms with Crippen LogP contribution in [0.1, 0.15) is 30.4 Å². The van der Waals surface area contributed by atoms with Crippen LogP contribution >= 0.6 is 0 Å². The summed E-state index contributed by atoms with van der Waals surface area (Å²) in [5.41, 5.74) is 1.99. The van der Waals surface area contributed by atoms with Gasteiger partial charge in [0.15, 0.2) is 0 Å². The van der Waals surface area contributed by atoms with Gasteiger partial charge in [0.25, 0.3) is 0 Å². The summed E-state index contributed by atoms with van der Waals surface area (Å²) in [7, 11) is 1.41. The predicted octanol–water partition coefficient (Wildman–Crippen LogP) is 2.06. The Morgan fingerprint density at radius 1 is 1.57 bits per heavy atom. The zero-order valence-corrected chi connectivity index (χ0v) is 8.78. The number of nitrogens with zero attached hydrogens (tertiary/aromatic N) is 1. The van der Waals surface area contributed by atoms with Gasteiger partial charge in [-0.05, 0) is 24.5 Å². The first-order valence-electron chi connectivity index (χ1n) is 4.68. The van der Waals surface area contributed by atoms with Gasteiger partial charge in [-0.25, -0.2) is 0 Å². The summed E-state index contributed by atoms with van der Waals surface area (Å²) in [4.78, 5) is 15.5. The molecule has 0 aliphatic rings. The second kappa shape index (κ2) is 4.74. The molecular weight excluding hydrogens is 178 g/mol. The number of methoxy groups -OCH3 is 1. The van der Waals surface area contributed by atoms with Gasteiger partial charge >= 0.3 is 5.97 Å². The van der Waals surface area contributed by atoms with Crippen LogP contribution < -0.4 is 0 Å². The van der Waals surface area contributed by atoms with E-state index < -0.39 is 0 Å². The van der Waals surface area contributed by atoms with Gasteiger partial charge in [-0.3, -0.25) is 9.78 Å². The van der Waals surface area contributed by atoms with Crippen molar-refractivity contribution in [1.29, 1.82) is 0 Å². The zero-order chi connectivity index (χ0) is 10.6. The summed E-state index contributed by atoms with van der Waals surface area (Å²) < 4.78 is 4.73. The molecular formula is C11H15NO2. The second-order valence-corrected chi connectivity index (χ2v) is 3.28. The molecule has 0 aliphatic heterocycles. The van der Waals surface area contributed by atoms with Crippen LogP contribution in [0.3, 0.4) is 0 Å². The van der Waals surface area contributed by atoms with E-state index >= 15 is 0 Å². The predicted molar refractivity (Wildman–Crippen MR) is 54.0 cm³/mol. The van der Waals surface area contributed by atoms with E-state index in [2.05, 4.69) is 4.98 Å². The molecule has 14 heavy (non-hydrogen) atoms. The number of ether oxygens (including phenoxy) is 1. The van der Waals surface area contributed by atoms with Gasteiger partial charge in [0.1, 0.15) is 0 Å². The van der Waals surface area contributed by atoms with Crippen LogP contribution in [0.25, 0.3) is 0 Å². The fourth-order valence-electron chi connectivity index (χ4n) is 1.45. The van der Waals surface area contributed by atoms with E-state index in [0.29, 0.717) is 0 Å². The number of hydrogen-bond donors (Lipinski definition) is 0. The van der Waals surface area contributed by atoms with Crippen LogP contribution in [0, 0.1) is 6.92 Å². The molecule has 0 spiro atoms. The first-order chi connectivity index (χ1) is 6.69. The molecule has 0 aliphatic carbocycles. The van der Waals surface area contributed by atoms with Gasteiger partial charge in [0, 0.05) is 12.4 Å². The molecule has 1 aromatic rings. The molecule has 1 atom stereocenters. The van der Waals surface area contributed by atoms with Crippen molar-refractivity contribution in [3.8, 4) is 0 Å². The third-order valence-corrected chi connectivity index (χ3v) is 2.19. The van der Waals surface area contributed by atoms with E-state index in [1.165, 1.54) is 7.11 Å². The Hall–Kier alpha value is -1.38. The molecule has 0 saturated heterocycles. The molecule has 0 aromatic carbocycles. The molecule has 76 valence electrons. The van der Waals surface area contributed by atoms with Gasteiger partial charge in [-0.2, -0.15) is 0 Å². The van der Waals surface area contributed by atoms with Crippen LogP contribution in [0.15, 0.2) is 18.5 Å². The summed E-state index contributed by atoms with van der Waals surface area (Å²) in [5, 5.41) is 0. The van der Waals surface area contributed by atoms with Crippen LogP contribution in [0.5, 0.6) is 0 Å². The number of esters is 1. The summed E-state index contributed by atoms with van der Waals surface area (Å²) in [6.07, 6.45) is 4.23. The minimum atomic E-state index is -0.195. The van der Waals surface area contributed by atoms with Crippen molar-refractivity contribution in [2.45, 2.75) is 26.2 Å². The molecule has 0 fully saturated rings. The van der Waals surface area contributed by atoms with Crippen LogP contribution in [-0.2, 0) is 9.53 Å². The van der Waals surface area contributed by atoms with Crippen LogP contribution in [-0.4, -0.2) is 18.1 Å². The van der Waals surface area contributed by atoms with Crippen molar-refractivity contribution in [3.63, 3.8) is 0 Å². The third-order valence-electron chi connectivity index (χ3n) is 2.19. The summed E-state index contributed by atoms with van der Waals surface area (Å²) in [6, 6.07) is 1.97. The molecule has 1 unspecified atom stereocenters. The first kappa shape index (κ1) is 10.7. The highest BCUT2D eigenvalue weighted by Crippen LogP contribution is 2.20. The largest absolute Gasteiger partial charge is 0.469 e. The molecule has 3 nitrogen and oxygen atoms in total. The van der Waals surface area contributed by atoms with Crippen molar-refractivity contribution >= 4 is 5.97 Å². The van der Waals surface area contributed by atoms with Crippen LogP contribution in [0.4, 0.5) is 0 Å². The van der Waals surface area contributed by atoms with Gasteiger partial charge in [0.2, 0.25) is 0 Å². The van der Waals surface area contributed by atoms with E-state index in [4.69, 9.17) is 4.74 Å². The molecule has 0 amide bonds. The van der Waals surface area contributed by atoms with Crippen molar-refractivity contribution in [2.24, 2.45) is 0 Å². The lowest BCUT2D eigenvalue weighted by molar-refractivity contribution is -0.142. The maximum absolute atomic E-state index is 11.4. The average Bonchev–Trinajstić information content (AvgIpc) is 2.19. The first-order valence-corrected chi connectivity index (χ1v) is 4.68. The quantitative estimate of drug-likeness (QED) is 0.690. The molecule has 1 heterocycles. The van der Waals surface area contributed by atoms with E-state index in [1.807, 2.05) is 19.9 Å². The lowest BCUT2D eigenvalue weighted by Crippen LogP contribution is -2.13. The highest BCUT2D eigenvalue weighted by molar-refractivity contribution is 5.77. The lowest BCUT2D eigenvalue weighted by atomic mass is 9.97. The average molecular weight is 193 g/mol. The summed E-state index contributed by atoms with van der Waals surface area (Å²) in [5.74, 6) is -0.382. The van der Waals surface area contributed by atoms with Crippen molar-refractivity contribution in [1.82, 2.24) is 4.98 Å². The van der Waals surface area contributed by atoms with Gasteiger partial charge < -0.3 is 4.74 Å². The Kier molecular flexibility index (Phi) is 3.63. The zero-order valence-electron chi connectivity index (χ0n) is 8.78. The van der Waals surface area contributed by atoms with Crippen molar-refractivity contribution < 1.29 is 9.53 Å². The molecule has 0 bridgehead atoms. The molecule has 1 rings (SSSR count). The minimum absolute atomic E-state index is 0.188. The smallest absolute Gasteiger partial charge is 0.313 e. The van der Waals surface area contributed by atoms with Gasteiger partial charge in [0.05, 0.1) is 13.0 Å². The van der Waals surface area contributed by atoms with Gasteiger partial charge in [-0.1, -0.05) is 13.0 Å². The SMILES string of the molecule is CCC(C(=O)OC)c1cncc(C)c1. The highest BCUT2D eigenvalue weighted by Gasteiger charge is 2.19. The fourth-order valence-corrected chi connectivity index (χ4v) is 1.45. The Balaban J connectivity index is 2.94. The summed E-state index contributed by atoms with van der Waals surface area (Å²) in [6.45, 7) is 3.92. The molecule has 0 N–H and O–H groups in total. The van der Waals surface area contributed by atoms with Crippen molar-refractivity contribution in [2.75, 3.05) is 7.11 Å². The number of carbonyl (C=O) groups is 1. The number of rotatable bonds is 3. The third kappa shape index (κ3) is 2.31. The van der Waals surface area contributed by atoms with E-state index in [9.17, 15) is 4.79 Å². The summed E-state index contributed by atoms with van der Waals surface area (Å²) >= 11 is 0. The number of aryl methyl sites for hydroxylation is 1. The number of hydrogen-bond acceptors (Lipinski definition) is 3. The molecule has 0 saturated carbocycles. The normalized spacial score (nSPS) is 12.2. The minimum Gasteiger partial charge on any atom is -0.469 e. The maximum Gasteiger partial charge on any atom is 0.313 e. The van der Waals surface area contributed by atoms with E-state index in [1.54, 1.807) is 12.4 Å². The number of carbonyl (C=O) groups excluding carboxylic acids is 1. The lowest BCUT2D eigenvalue weighted by Gasteiger charge is -2.12. The number of pyridine rings is 1. The number of aromatic nitrogens is 1. The van der Waals surface area contributed by atoms with Crippen LogP contribution in [0.2, 0.25) is 0 Å². The van der Waals surface area contributed by atoms with Gasteiger partial charge in [-0.15, -0.1) is 0 Å². The Bertz CT molecular complexity index is 323. The molecule has 0 radical (unpaired) electrons. The molecule has 3 heteroatoms. The van der Waals surface area contributed by atoms with Crippen molar-refractivity contribution in [3.05, 3.63) is 29.6 Å². The Labute approximate surface area is 84.1 Å². The van der Waals surface area contributed by atoms with E-state index in [0.717, 1.165) is 17.5 Å². The standard InChI is InChI=1S/C11H15NO2/c1-4-10(11(13)14-3)9-5-8(2)6-12-7-9/h5-7,10H,4H2,1-3H3. The maximum atomic E-state index is 11.4. The topological polar surface area (TPSA) is 39.2 Å². The highest BCUT2D eigenvalue weighted by atomic mass is 16.5. The Morgan fingerprint density at radius 2 is 2.29 bits per heavy atom. The molecule has 1 aromatic heterocycles.